The summed E-state index contributed by atoms with van der Waals surface area (Å²) in [6, 6.07) is -0.624. The normalized spacial score (nSPS) is 23.1. The minimum absolute atomic E-state index is 0.268. The predicted octanol–water partition coefficient (Wildman–Crippen LogP) is 1.60. The van der Waals surface area contributed by atoms with Crippen LogP contribution in [-0.4, -0.2) is 35.4 Å². The van der Waals surface area contributed by atoms with Crippen LogP contribution in [0, 0.1) is 11.3 Å². The summed E-state index contributed by atoms with van der Waals surface area (Å²) in [5.74, 6) is -1.09. The van der Waals surface area contributed by atoms with Crippen LogP contribution in [0.15, 0.2) is 0 Å². The topological polar surface area (TPSA) is 84.5 Å². The number of halogens is 2. The first-order valence-corrected chi connectivity index (χ1v) is 6.97. The average Bonchev–Trinajstić information content (AvgIpc) is 2.84. The second-order valence-corrected chi connectivity index (χ2v) is 6.93. The number of ether oxygens (including phenoxy) is 1. The molecule has 0 radical (unpaired) electrons. The molecule has 0 bridgehead atoms. The van der Waals surface area contributed by atoms with Crippen LogP contribution in [0.1, 0.15) is 27.2 Å². The molecule has 20 heavy (non-hydrogen) atoms. The Kier molecular flexibility index (Phi) is 5.27. The lowest BCUT2D eigenvalue weighted by Gasteiger charge is -2.12. The lowest BCUT2D eigenvalue weighted by molar-refractivity contribution is -0.153. The van der Waals surface area contributed by atoms with Gasteiger partial charge in [0.2, 0.25) is 0 Å². The minimum atomic E-state index is -1.14. The van der Waals surface area contributed by atoms with Gasteiger partial charge in [-0.05, 0) is 12.8 Å². The van der Waals surface area contributed by atoms with Gasteiger partial charge in [0.05, 0.1) is 0 Å². The minimum Gasteiger partial charge on any atom is -0.455 e. The van der Waals surface area contributed by atoms with Crippen LogP contribution in [-0.2, 0) is 14.3 Å². The second-order valence-electron chi connectivity index (χ2n) is 5.44. The van der Waals surface area contributed by atoms with Gasteiger partial charge < -0.3 is 10.1 Å². The summed E-state index contributed by atoms with van der Waals surface area (Å²) < 4.78 is 3.65. The van der Waals surface area contributed by atoms with Gasteiger partial charge in [0.25, 0.3) is 5.91 Å². The average molecular weight is 325 g/mol. The first-order valence-electron chi connectivity index (χ1n) is 6.21. The van der Waals surface area contributed by atoms with E-state index >= 15 is 0 Å². The molecule has 0 heterocycles. The van der Waals surface area contributed by atoms with Gasteiger partial charge in [0, 0.05) is 13.0 Å². The van der Waals surface area contributed by atoms with E-state index in [0.717, 1.165) is 0 Å². The van der Waals surface area contributed by atoms with Gasteiger partial charge in [-0.3, -0.25) is 14.9 Å². The van der Waals surface area contributed by atoms with Crippen molar-refractivity contribution in [1.29, 1.82) is 0 Å². The molecule has 1 aliphatic rings. The van der Waals surface area contributed by atoms with Gasteiger partial charge in [-0.25, -0.2) is 4.79 Å². The SMILES string of the molecule is CC(C)CNC(=O)NC(=O)COC(=O)C1(C)CC1(Cl)Cl. The number of hydrogen-bond donors (Lipinski definition) is 2. The molecule has 1 unspecified atom stereocenters. The van der Waals surface area contributed by atoms with E-state index in [0.29, 0.717) is 6.54 Å². The molecule has 2 N–H and O–H groups in total. The Bertz CT molecular complexity index is 426. The summed E-state index contributed by atoms with van der Waals surface area (Å²) in [7, 11) is 0. The lowest BCUT2D eigenvalue weighted by Crippen LogP contribution is -2.42. The molecule has 1 saturated carbocycles. The highest BCUT2D eigenvalue weighted by atomic mass is 35.5. The van der Waals surface area contributed by atoms with Crippen molar-refractivity contribution in [2.45, 2.75) is 31.5 Å². The second kappa shape index (κ2) is 6.18. The van der Waals surface area contributed by atoms with E-state index in [2.05, 4.69) is 10.6 Å². The fourth-order valence-corrected chi connectivity index (χ4v) is 2.10. The van der Waals surface area contributed by atoms with Crippen molar-refractivity contribution in [3.8, 4) is 0 Å². The molecule has 0 aliphatic heterocycles. The molecule has 3 amide bonds. The molecular formula is C12H18Cl2N2O4. The number of imide groups is 1. The van der Waals surface area contributed by atoms with Gasteiger partial charge in [-0.15, -0.1) is 23.2 Å². The van der Waals surface area contributed by atoms with E-state index in [-0.39, 0.29) is 12.3 Å². The molecule has 0 spiro atoms. The van der Waals surface area contributed by atoms with Crippen LogP contribution in [0.25, 0.3) is 0 Å². The highest BCUT2D eigenvalue weighted by Gasteiger charge is 2.69. The molecule has 0 aromatic heterocycles. The smallest absolute Gasteiger partial charge is 0.321 e. The molecule has 6 nitrogen and oxygen atoms in total. The summed E-state index contributed by atoms with van der Waals surface area (Å²) in [6.45, 7) is 5.30. The monoisotopic (exact) mass is 324 g/mol. The summed E-state index contributed by atoms with van der Waals surface area (Å²) in [4.78, 5) is 34.4. The highest BCUT2D eigenvalue weighted by Crippen LogP contribution is 2.64. The van der Waals surface area contributed by atoms with Gasteiger partial charge in [-0.1, -0.05) is 13.8 Å². The third kappa shape index (κ3) is 4.24. The molecule has 0 aromatic carbocycles. The number of esters is 1. The van der Waals surface area contributed by atoms with Crippen LogP contribution >= 0.6 is 23.2 Å². The summed E-state index contributed by atoms with van der Waals surface area (Å²) >= 11 is 11.6. The van der Waals surface area contributed by atoms with E-state index in [1.165, 1.54) is 0 Å². The third-order valence-electron chi connectivity index (χ3n) is 2.97. The van der Waals surface area contributed by atoms with Gasteiger partial charge in [0.1, 0.15) is 9.75 Å². The van der Waals surface area contributed by atoms with Crippen molar-refractivity contribution in [3.63, 3.8) is 0 Å². The zero-order chi connectivity index (χ0) is 15.6. The summed E-state index contributed by atoms with van der Waals surface area (Å²) in [5, 5.41) is 4.55. The largest absolute Gasteiger partial charge is 0.455 e. The van der Waals surface area contributed by atoms with Crippen molar-refractivity contribution < 1.29 is 19.1 Å². The van der Waals surface area contributed by atoms with Crippen LogP contribution < -0.4 is 10.6 Å². The van der Waals surface area contributed by atoms with E-state index in [4.69, 9.17) is 27.9 Å². The first-order chi connectivity index (χ1) is 9.08. The maximum atomic E-state index is 11.7. The Morgan fingerprint density at radius 3 is 2.30 bits per heavy atom. The molecule has 1 aliphatic carbocycles. The van der Waals surface area contributed by atoms with Gasteiger partial charge in [0.15, 0.2) is 6.61 Å². The quantitative estimate of drug-likeness (QED) is 0.594. The number of hydrogen-bond acceptors (Lipinski definition) is 4. The van der Waals surface area contributed by atoms with Crippen molar-refractivity contribution in [2.24, 2.45) is 11.3 Å². The Morgan fingerprint density at radius 1 is 1.30 bits per heavy atom. The van der Waals surface area contributed by atoms with Crippen molar-refractivity contribution in [3.05, 3.63) is 0 Å². The highest BCUT2D eigenvalue weighted by molar-refractivity contribution is 6.53. The number of urea groups is 1. The van der Waals surface area contributed by atoms with Crippen LogP contribution in [0.5, 0.6) is 0 Å². The molecule has 114 valence electrons. The standard InChI is InChI=1S/C12H18Cl2N2O4/c1-7(2)4-15-10(19)16-8(17)5-20-9(18)11(3)6-12(11,13)14/h7H,4-6H2,1-3H3,(H2,15,16,17,19). The van der Waals surface area contributed by atoms with Crippen LogP contribution in [0.3, 0.4) is 0 Å². The lowest BCUT2D eigenvalue weighted by atomic mass is 10.1. The van der Waals surface area contributed by atoms with E-state index < -0.39 is 34.3 Å². The van der Waals surface area contributed by atoms with Crippen LogP contribution in [0.4, 0.5) is 4.79 Å². The maximum Gasteiger partial charge on any atom is 0.321 e. The van der Waals surface area contributed by atoms with Crippen molar-refractivity contribution in [2.75, 3.05) is 13.2 Å². The third-order valence-corrected chi connectivity index (χ3v) is 4.07. The van der Waals surface area contributed by atoms with Crippen LogP contribution in [0.2, 0.25) is 0 Å². The van der Waals surface area contributed by atoms with E-state index in [1.54, 1.807) is 6.92 Å². The van der Waals surface area contributed by atoms with Gasteiger partial charge >= 0.3 is 12.0 Å². The predicted molar refractivity (Wildman–Crippen MR) is 74.5 cm³/mol. The number of nitrogens with one attached hydrogen (secondary N) is 2. The summed E-state index contributed by atoms with van der Waals surface area (Å²) in [5.41, 5.74) is -0.990. The molecule has 1 rings (SSSR count). The fraction of sp³-hybridized carbons (Fsp3) is 0.750. The molecule has 1 fully saturated rings. The van der Waals surface area contributed by atoms with Gasteiger partial charge in [-0.2, -0.15) is 0 Å². The van der Waals surface area contributed by atoms with E-state index in [1.807, 2.05) is 13.8 Å². The number of carbonyl (C=O) groups is 3. The Hall–Kier alpha value is -1.01. The number of alkyl halides is 2. The fourth-order valence-electron chi connectivity index (χ4n) is 1.42. The maximum absolute atomic E-state index is 11.7. The zero-order valence-electron chi connectivity index (χ0n) is 11.6. The first kappa shape index (κ1) is 17.0. The molecule has 8 heteroatoms. The number of carbonyl (C=O) groups excluding carboxylic acids is 3. The Morgan fingerprint density at radius 2 is 1.85 bits per heavy atom. The van der Waals surface area contributed by atoms with E-state index in [9.17, 15) is 14.4 Å². The zero-order valence-corrected chi connectivity index (χ0v) is 13.1. The molecule has 1 atom stereocenters. The molecule has 0 aromatic rings. The Labute approximate surface area is 127 Å². The number of amides is 3. The Balaban J connectivity index is 2.27. The molecule has 0 saturated heterocycles. The summed E-state index contributed by atoms with van der Waals surface area (Å²) in [6.07, 6.45) is 0.276. The van der Waals surface area contributed by atoms with Crippen molar-refractivity contribution in [1.82, 2.24) is 10.6 Å². The number of rotatable bonds is 5. The molecular weight excluding hydrogens is 307 g/mol. The van der Waals surface area contributed by atoms with Crippen molar-refractivity contribution >= 4 is 41.1 Å².